The van der Waals surface area contributed by atoms with E-state index in [-0.39, 0.29) is 19.4 Å². The summed E-state index contributed by atoms with van der Waals surface area (Å²) in [6, 6.07) is 7.20. The van der Waals surface area contributed by atoms with Crippen LogP contribution in [0.3, 0.4) is 0 Å². The summed E-state index contributed by atoms with van der Waals surface area (Å²) in [5.74, 6) is -1.59. The molecule has 0 radical (unpaired) electrons. The third kappa shape index (κ3) is 2.51. The highest BCUT2D eigenvalue weighted by atomic mass is 79.9. The molecule has 1 aromatic rings. The molecule has 3 rings (SSSR count). The maximum Gasteiger partial charge on any atom is 0.662 e. The Morgan fingerprint density at radius 3 is 2.33 bits per heavy atom. The molecule has 0 amide bonds. The molecule has 2 saturated heterocycles. The molecular formula is C13H10BBrO6. The van der Waals surface area contributed by atoms with Gasteiger partial charge in [0.1, 0.15) is 19.4 Å². The van der Waals surface area contributed by atoms with Crippen LogP contribution in [0.15, 0.2) is 28.7 Å². The van der Waals surface area contributed by atoms with Crippen molar-refractivity contribution in [2.45, 2.75) is 19.4 Å². The SMILES string of the molecule is O=C1C[C+]2CC(=O)O[B-]2(C(=O)OCc2ccc(Br)cc2)O1. The van der Waals surface area contributed by atoms with E-state index in [0.29, 0.717) is 5.82 Å². The molecule has 0 N–H and O–H groups in total. The largest absolute Gasteiger partial charge is 0.662 e. The molecule has 0 spiro atoms. The molecule has 21 heavy (non-hydrogen) atoms. The highest BCUT2D eigenvalue weighted by Crippen LogP contribution is 2.41. The van der Waals surface area contributed by atoms with Crippen molar-refractivity contribution in [2.75, 3.05) is 0 Å². The first kappa shape index (κ1) is 14.0. The van der Waals surface area contributed by atoms with Crippen LogP contribution in [0, 0.1) is 5.82 Å². The number of hydrogen-bond acceptors (Lipinski definition) is 6. The van der Waals surface area contributed by atoms with Crippen molar-refractivity contribution in [1.29, 1.82) is 0 Å². The van der Waals surface area contributed by atoms with Gasteiger partial charge in [-0.3, -0.25) is 14.4 Å². The summed E-state index contributed by atoms with van der Waals surface area (Å²) >= 11 is 3.31. The lowest BCUT2D eigenvalue weighted by atomic mass is 9.49. The lowest BCUT2D eigenvalue weighted by Gasteiger charge is -2.22. The molecule has 0 atom stereocenters. The van der Waals surface area contributed by atoms with E-state index < -0.39 is 24.4 Å². The van der Waals surface area contributed by atoms with Gasteiger partial charge in [-0.05, 0) is 17.7 Å². The van der Waals surface area contributed by atoms with Crippen LogP contribution in [-0.2, 0) is 30.2 Å². The first-order valence-electron chi connectivity index (χ1n) is 6.34. The summed E-state index contributed by atoms with van der Waals surface area (Å²) in [7, 11) is 0. The minimum Gasteiger partial charge on any atom is -0.606 e. The van der Waals surface area contributed by atoms with Gasteiger partial charge >= 0.3 is 18.5 Å². The topological polar surface area (TPSA) is 78.9 Å². The van der Waals surface area contributed by atoms with Gasteiger partial charge in [-0.15, -0.1) is 0 Å². The smallest absolute Gasteiger partial charge is 0.606 e. The van der Waals surface area contributed by atoms with Gasteiger partial charge in [-0.1, -0.05) is 28.1 Å². The molecule has 108 valence electrons. The predicted molar refractivity (Wildman–Crippen MR) is 74.7 cm³/mol. The van der Waals surface area contributed by atoms with Gasteiger partial charge in [0.15, 0.2) is 0 Å². The normalized spacial score (nSPS) is 19.0. The summed E-state index contributed by atoms with van der Waals surface area (Å²) in [6.45, 7) is -2.71. The summed E-state index contributed by atoms with van der Waals surface area (Å²) < 4.78 is 16.0. The third-order valence-electron chi connectivity index (χ3n) is 3.48. The molecule has 6 nitrogen and oxygen atoms in total. The molecule has 2 aliphatic heterocycles. The Balaban J connectivity index is 1.71. The zero-order valence-electron chi connectivity index (χ0n) is 10.8. The van der Waals surface area contributed by atoms with E-state index in [4.69, 9.17) is 14.0 Å². The van der Waals surface area contributed by atoms with Gasteiger partial charge in [0, 0.05) is 10.3 Å². The summed E-state index contributed by atoms with van der Waals surface area (Å²) in [5, 5.41) is 0. The second-order valence-electron chi connectivity index (χ2n) is 4.94. The quantitative estimate of drug-likeness (QED) is 0.612. The van der Waals surface area contributed by atoms with Crippen LogP contribution >= 0.6 is 15.9 Å². The Morgan fingerprint density at radius 2 is 1.76 bits per heavy atom. The van der Waals surface area contributed by atoms with Crippen LogP contribution < -0.4 is 0 Å². The number of rotatable bonds is 3. The van der Waals surface area contributed by atoms with Gasteiger partial charge in [-0.25, -0.2) is 0 Å². The van der Waals surface area contributed by atoms with E-state index in [1.165, 1.54) is 0 Å². The second-order valence-corrected chi connectivity index (χ2v) is 5.85. The van der Waals surface area contributed by atoms with Gasteiger partial charge in [0.25, 0.3) is 5.87 Å². The number of hydrogen-bond donors (Lipinski definition) is 0. The highest BCUT2D eigenvalue weighted by molar-refractivity contribution is 9.10. The van der Waals surface area contributed by atoms with Crippen molar-refractivity contribution in [1.82, 2.24) is 0 Å². The fourth-order valence-corrected chi connectivity index (χ4v) is 2.72. The van der Waals surface area contributed by atoms with Crippen molar-refractivity contribution in [3.8, 4) is 0 Å². The summed E-state index contributed by atoms with van der Waals surface area (Å²) in [4.78, 5) is 34.9. The van der Waals surface area contributed by atoms with E-state index in [1.807, 2.05) is 12.1 Å². The Morgan fingerprint density at radius 1 is 1.19 bits per heavy atom. The van der Waals surface area contributed by atoms with Crippen molar-refractivity contribution < 1.29 is 28.4 Å². The summed E-state index contributed by atoms with van der Waals surface area (Å²) in [5.41, 5.74) is 0.772. The molecule has 8 heteroatoms. The van der Waals surface area contributed by atoms with E-state index in [9.17, 15) is 14.4 Å². The van der Waals surface area contributed by atoms with Crippen molar-refractivity contribution >= 4 is 40.3 Å². The number of fused-ring (bicyclic) bond motifs is 1. The fourth-order valence-electron chi connectivity index (χ4n) is 2.45. The van der Waals surface area contributed by atoms with Gasteiger partial charge in [-0.2, -0.15) is 0 Å². The average molecular weight is 353 g/mol. The number of carbonyl (C=O) groups is 3. The number of carbonyl (C=O) groups excluding carboxylic acids is 3. The second kappa shape index (κ2) is 5.11. The molecular weight excluding hydrogens is 343 g/mol. The maximum atomic E-state index is 12.2. The first-order chi connectivity index (χ1) is 9.99. The van der Waals surface area contributed by atoms with Crippen molar-refractivity contribution in [3.63, 3.8) is 0 Å². The molecule has 2 aliphatic rings. The Hall–Kier alpha value is -1.96. The monoisotopic (exact) mass is 352 g/mol. The number of ether oxygens (including phenoxy) is 1. The van der Waals surface area contributed by atoms with Crippen LogP contribution in [0.5, 0.6) is 0 Å². The molecule has 2 fully saturated rings. The zero-order chi connectivity index (χ0) is 15.0. The first-order valence-corrected chi connectivity index (χ1v) is 7.13. The number of benzene rings is 1. The van der Waals surface area contributed by atoms with E-state index in [2.05, 4.69) is 15.9 Å². The molecule has 0 bridgehead atoms. The number of halogens is 1. The standard InChI is InChI=1S/C13H10BBrO6/c15-10-3-1-8(2-4-10)7-19-13(18)14-9(5-11(16)20-14)6-12(17)21-14/h1-4H,5-7H2. The minimum atomic E-state index is -2.72. The predicted octanol–water partition coefficient (Wildman–Crippen LogP) is 2.12. The lowest BCUT2D eigenvalue weighted by Crippen LogP contribution is -2.49. The van der Waals surface area contributed by atoms with Crippen molar-refractivity contribution in [3.05, 3.63) is 40.1 Å². The van der Waals surface area contributed by atoms with Crippen LogP contribution in [0.1, 0.15) is 18.4 Å². The Kier molecular flexibility index (Phi) is 3.40. The maximum absolute atomic E-state index is 12.2. The van der Waals surface area contributed by atoms with Crippen molar-refractivity contribution in [2.24, 2.45) is 0 Å². The zero-order valence-corrected chi connectivity index (χ0v) is 12.4. The lowest BCUT2D eigenvalue weighted by molar-refractivity contribution is -0.138. The minimum absolute atomic E-state index is 0.0119. The molecule has 2 heterocycles. The van der Waals surface area contributed by atoms with Gasteiger partial charge in [0.2, 0.25) is 0 Å². The Labute approximate surface area is 128 Å². The van der Waals surface area contributed by atoms with Gasteiger partial charge in [0.05, 0.1) is 0 Å². The fraction of sp³-hybridized carbons (Fsp3) is 0.231. The molecule has 0 aromatic heterocycles. The van der Waals surface area contributed by atoms with Crippen LogP contribution in [-0.4, -0.2) is 24.4 Å². The Bertz CT molecular complexity index is 594. The highest BCUT2D eigenvalue weighted by Gasteiger charge is 2.71. The summed E-state index contributed by atoms with van der Waals surface area (Å²) in [6.07, 6.45) is -0.141. The molecule has 0 aliphatic carbocycles. The van der Waals surface area contributed by atoms with Crippen LogP contribution in [0.25, 0.3) is 0 Å². The average Bonchev–Trinajstić information content (AvgIpc) is 2.89. The third-order valence-corrected chi connectivity index (χ3v) is 4.01. The van der Waals surface area contributed by atoms with E-state index in [0.717, 1.165) is 10.0 Å². The van der Waals surface area contributed by atoms with Crippen LogP contribution in [0.4, 0.5) is 4.79 Å². The van der Waals surface area contributed by atoms with E-state index in [1.54, 1.807) is 12.1 Å². The molecule has 0 unspecified atom stereocenters. The van der Waals surface area contributed by atoms with Gasteiger partial charge < -0.3 is 14.0 Å². The molecule has 0 saturated carbocycles. The molecule has 1 aromatic carbocycles. The van der Waals surface area contributed by atoms with E-state index >= 15 is 0 Å². The van der Waals surface area contributed by atoms with Crippen LogP contribution in [0.2, 0.25) is 0 Å².